The maximum Gasteiger partial charge on any atom is 0.413 e. The zero-order valence-electron chi connectivity index (χ0n) is 15.9. The third-order valence-electron chi connectivity index (χ3n) is 4.95. The standard InChI is InChI=1S/C21H28N2O5/c24-19-13-22-10-9-18(19)17-7-8-20(23(14-17)21(25)26)28-12-4-11-27-15-16-5-2-1-3-6-16/h1-3,5-8,14,18-20,22,24H,4,9-13,15H2,(H,25,26). The monoisotopic (exact) mass is 388 g/mol. The molecule has 1 aromatic rings. The molecule has 3 unspecified atom stereocenters. The van der Waals surface area contributed by atoms with E-state index in [1.165, 1.54) is 0 Å². The fraction of sp³-hybridized carbons (Fsp3) is 0.476. The number of aliphatic hydroxyl groups is 1. The van der Waals surface area contributed by atoms with Crippen LogP contribution in [0, 0.1) is 5.92 Å². The molecular formula is C21H28N2O5. The van der Waals surface area contributed by atoms with Crippen molar-refractivity contribution in [1.82, 2.24) is 10.2 Å². The van der Waals surface area contributed by atoms with Crippen LogP contribution in [0.4, 0.5) is 4.79 Å². The average molecular weight is 388 g/mol. The van der Waals surface area contributed by atoms with Crippen LogP contribution in [-0.2, 0) is 16.1 Å². The van der Waals surface area contributed by atoms with Gasteiger partial charge in [-0.05, 0) is 36.6 Å². The quantitative estimate of drug-likeness (QED) is 0.592. The molecule has 0 saturated carbocycles. The van der Waals surface area contributed by atoms with Gasteiger partial charge in [-0.15, -0.1) is 0 Å². The first-order chi connectivity index (χ1) is 13.6. The number of piperidine rings is 1. The van der Waals surface area contributed by atoms with Crippen LogP contribution in [0.15, 0.2) is 54.3 Å². The molecule has 152 valence electrons. The molecule has 28 heavy (non-hydrogen) atoms. The molecule has 0 bridgehead atoms. The van der Waals surface area contributed by atoms with Gasteiger partial charge < -0.3 is 25.0 Å². The van der Waals surface area contributed by atoms with Gasteiger partial charge in [-0.3, -0.25) is 4.90 Å². The first kappa shape index (κ1) is 20.5. The van der Waals surface area contributed by atoms with Crippen LogP contribution in [-0.4, -0.2) is 59.8 Å². The number of hydrogen-bond donors (Lipinski definition) is 3. The van der Waals surface area contributed by atoms with Crippen molar-refractivity contribution in [3.63, 3.8) is 0 Å². The van der Waals surface area contributed by atoms with Crippen molar-refractivity contribution in [1.29, 1.82) is 0 Å². The number of amides is 1. The van der Waals surface area contributed by atoms with Gasteiger partial charge in [-0.2, -0.15) is 0 Å². The van der Waals surface area contributed by atoms with Gasteiger partial charge in [-0.25, -0.2) is 4.79 Å². The van der Waals surface area contributed by atoms with E-state index in [1.54, 1.807) is 12.3 Å². The fourth-order valence-corrected chi connectivity index (χ4v) is 3.44. The number of nitrogens with one attached hydrogen (secondary N) is 1. The Balaban J connectivity index is 1.44. The second kappa shape index (κ2) is 10.4. The minimum Gasteiger partial charge on any atom is -0.465 e. The number of nitrogens with zero attached hydrogens (tertiary/aromatic N) is 1. The molecule has 1 aromatic carbocycles. The topological polar surface area (TPSA) is 91.3 Å². The molecule has 0 aliphatic carbocycles. The van der Waals surface area contributed by atoms with Crippen LogP contribution in [0.25, 0.3) is 0 Å². The van der Waals surface area contributed by atoms with Gasteiger partial charge in [0, 0.05) is 25.3 Å². The van der Waals surface area contributed by atoms with Crippen molar-refractivity contribution in [2.45, 2.75) is 31.8 Å². The molecule has 2 heterocycles. The number of hydrogen-bond acceptors (Lipinski definition) is 5. The Hall–Kier alpha value is -2.19. The van der Waals surface area contributed by atoms with E-state index in [2.05, 4.69) is 5.32 Å². The highest BCUT2D eigenvalue weighted by Crippen LogP contribution is 2.27. The van der Waals surface area contributed by atoms with Crippen molar-refractivity contribution in [3.8, 4) is 0 Å². The summed E-state index contributed by atoms with van der Waals surface area (Å²) >= 11 is 0. The van der Waals surface area contributed by atoms with E-state index in [0.717, 1.165) is 29.0 Å². The number of allylic oxidation sites excluding steroid dienone is 1. The third kappa shape index (κ3) is 5.65. The number of rotatable bonds is 8. The summed E-state index contributed by atoms with van der Waals surface area (Å²) in [6.07, 6.45) is 4.39. The lowest BCUT2D eigenvalue weighted by Gasteiger charge is -2.34. The van der Waals surface area contributed by atoms with Gasteiger partial charge in [0.15, 0.2) is 6.23 Å². The molecule has 2 aliphatic heterocycles. The van der Waals surface area contributed by atoms with Gasteiger partial charge in [0.25, 0.3) is 0 Å². The van der Waals surface area contributed by atoms with E-state index >= 15 is 0 Å². The Morgan fingerprint density at radius 3 is 2.82 bits per heavy atom. The Kier molecular flexibility index (Phi) is 7.62. The molecule has 1 fully saturated rings. The molecule has 0 radical (unpaired) electrons. The number of aliphatic hydroxyl groups excluding tert-OH is 1. The third-order valence-corrected chi connectivity index (χ3v) is 4.95. The van der Waals surface area contributed by atoms with Crippen molar-refractivity contribution >= 4 is 6.09 Å². The van der Waals surface area contributed by atoms with Crippen LogP contribution < -0.4 is 5.32 Å². The number of carboxylic acid groups (broad SMARTS) is 1. The molecule has 0 spiro atoms. The van der Waals surface area contributed by atoms with E-state index in [1.807, 2.05) is 36.4 Å². The van der Waals surface area contributed by atoms with Crippen LogP contribution in [0.1, 0.15) is 18.4 Å². The maximum atomic E-state index is 11.6. The Labute approximate surface area is 165 Å². The number of ether oxygens (including phenoxy) is 2. The highest BCUT2D eigenvalue weighted by atomic mass is 16.5. The zero-order chi connectivity index (χ0) is 19.8. The van der Waals surface area contributed by atoms with Crippen LogP contribution in [0.5, 0.6) is 0 Å². The molecule has 1 amide bonds. The normalized spacial score (nSPS) is 24.8. The highest BCUT2D eigenvalue weighted by Gasteiger charge is 2.30. The van der Waals surface area contributed by atoms with Crippen LogP contribution in [0.3, 0.4) is 0 Å². The predicted octanol–water partition coefficient (Wildman–Crippen LogP) is 2.34. The van der Waals surface area contributed by atoms with Gasteiger partial charge in [0.05, 0.1) is 19.3 Å². The first-order valence-electron chi connectivity index (χ1n) is 9.68. The van der Waals surface area contributed by atoms with Gasteiger partial charge in [-0.1, -0.05) is 36.4 Å². The number of β-amino-alcohol motifs (C(OH)–C–C–N with tert-alkyl or cyclic N) is 1. The smallest absolute Gasteiger partial charge is 0.413 e. The second-order valence-corrected chi connectivity index (χ2v) is 7.00. The molecule has 3 N–H and O–H groups in total. The number of benzene rings is 1. The van der Waals surface area contributed by atoms with Gasteiger partial charge in [0.2, 0.25) is 0 Å². The molecule has 7 heteroatoms. The summed E-state index contributed by atoms with van der Waals surface area (Å²) in [5.74, 6) is -0.0633. The Morgan fingerprint density at radius 1 is 1.25 bits per heavy atom. The lowest BCUT2D eigenvalue weighted by Crippen LogP contribution is -2.43. The summed E-state index contributed by atoms with van der Waals surface area (Å²) in [5, 5.41) is 22.8. The SMILES string of the molecule is O=C(O)N1C=C(C2CCNCC2O)C=CC1OCCCOCc1ccccc1. The molecule has 7 nitrogen and oxygen atoms in total. The fourth-order valence-electron chi connectivity index (χ4n) is 3.44. The highest BCUT2D eigenvalue weighted by molar-refractivity contribution is 5.68. The lowest BCUT2D eigenvalue weighted by atomic mass is 9.87. The Morgan fingerprint density at radius 2 is 2.07 bits per heavy atom. The first-order valence-corrected chi connectivity index (χ1v) is 9.68. The van der Waals surface area contributed by atoms with Crippen molar-refractivity contribution < 1.29 is 24.5 Å². The molecule has 2 aliphatic rings. The zero-order valence-corrected chi connectivity index (χ0v) is 15.9. The molecule has 0 aromatic heterocycles. The summed E-state index contributed by atoms with van der Waals surface area (Å²) in [4.78, 5) is 12.8. The maximum absolute atomic E-state index is 11.6. The largest absolute Gasteiger partial charge is 0.465 e. The van der Waals surface area contributed by atoms with E-state index < -0.39 is 18.4 Å². The lowest BCUT2D eigenvalue weighted by molar-refractivity contribution is -0.0106. The number of carbonyl (C=O) groups is 1. The molecular weight excluding hydrogens is 360 g/mol. The molecule has 3 rings (SSSR count). The van der Waals surface area contributed by atoms with E-state index in [0.29, 0.717) is 32.8 Å². The molecule has 3 atom stereocenters. The average Bonchev–Trinajstić information content (AvgIpc) is 2.72. The Bertz CT molecular complexity index is 691. The molecule has 1 saturated heterocycles. The minimum atomic E-state index is -1.07. The summed E-state index contributed by atoms with van der Waals surface area (Å²) < 4.78 is 11.3. The summed E-state index contributed by atoms with van der Waals surface area (Å²) in [6, 6.07) is 9.94. The van der Waals surface area contributed by atoms with Gasteiger partial charge in [0.1, 0.15) is 0 Å². The summed E-state index contributed by atoms with van der Waals surface area (Å²) in [5.41, 5.74) is 1.94. The summed E-state index contributed by atoms with van der Waals surface area (Å²) in [7, 11) is 0. The van der Waals surface area contributed by atoms with E-state index in [-0.39, 0.29) is 5.92 Å². The van der Waals surface area contributed by atoms with E-state index in [4.69, 9.17) is 9.47 Å². The van der Waals surface area contributed by atoms with Crippen LogP contribution in [0.2, 0.25) is 0 Å². The predicted molar refractivity (Wildman–Crippen MR) is 105 cm³/mol. The van der Waals surface area contributed by atoms with Crippen molar-refractivity contribution in [2.24, 2.45) is 5.92 Å². The second-order valence-electron chi connectivity index (χ2n) is 7.00. The van der Waals surface area contributed by atoms with Crippen molar-refractivity contribution in [3.05, 3.63) is 59.8 Å². The van der Waals surface area contributed by atoms with E-state index in [9.17, 15) is 15.0 Å². The van der Waals surface area contributed by atoms with Crippen molar-refractivity contribution in [2.75, 3.05) is 26.3 Å². The van der Waals surface area contributed by atoms with Crippen LogP contribution >= 0.6 is 0 Å². The van der Waals surface area contributed by atoms with Gasteiger partial charge >= 0.3 is 6.09 Å². The summed E-state index contributed by atoms with van der Waals surface area (Å²) in [6.45, 7) is 2.82. The minimum absolute atomic E-state index is 0.0633.